The third kappa shape index (κ3) is 6.75. The highest BCUT2D eigenvalue weighted by Crippen LogP contribution is 2.56. The van der Waals surface area contributed by atoms with Crippen LogP contribution in [0.5, 0.6) is 5.75 Å². The van der Waals surface area contributed by atoms with Gasteiger partial charge in [-0.05, 0) is 93.0 Å². The first kappa shape index (κ1) is 35.8. The summed E-state index contributed by atoms with van der Waals surface area (Å²) in [6.45, 7) is 10.3. The maximum atomic E-state index is 17.7. The van der Waals surface area contributed by atoms with Crippen LogP contribution in [0.25, 0.3) is 0 Å². The number of halogens is 5. The van der Waals surface area contributed by atoms with Crippen molar-refractivity contribution in [2.75, 3.05) is 18.0 Å². The molecule has 2 fully saturated rings. The highest BCUT2D eigenvalue weighted by Gasteiger charge is 2.47. The van der Waals surface area contributed by atoms with Crippen LogP contribution in [0, 0.1) is 5.41 Å². The van der Waals surface area contributed by atoms with Gasteiger partial charge >= 0.3 is 0 Å². The fraction of sp³-hybridized carbons (Fsp3) is 0.575. The van der Waals surface area contributed by atoms with Crippen LogP contribution in [0.4, 0.5) is 27.9 Å². The number of hydrogen-bond acceptors (Lipinski definition) is 6. The van der Waals surface area contributed by atoms with Gasteiger partial charge < -0.3 is 14.7 Å². The number of piperidine rings is 1. The molecular weight excluding hydrogens is 663 g/mol. The molecule has 1 aromatic carbocycles. The summed E-state index contributed by atoms with van der Waals surface area (Å²) in [5.41, 5.74) is 2.99. The van der Waals surface area contributed by atoms with Crippen LogP contribution in [0.15, 0.2) is 42.7 Å². The Morgan fingerprint density at radius 1 is 1.00 bits per heavy atom. The number of fused-ring (bicyclic) bond motifs is 6. The van der Waals surface area contributed by atoms with Gasteiger partial charge in [0.25, 0.3) is 5.92 Å². The molecule has 274 valence electrons. The van der Waals surface area contributed by atoms with E-state index in [1.807, 2.05) is 18.7 Å². The van der Waals surface area contributed by atoms with Crippen LogP contribution in [0.2, 0.25) is 0 Å². The second-order valence-electron chi connectivity index (χ2n) is 16.0. The maximum Gasteiger partial charge on any atom is 0.291 e. The number of aliphatic hydroxyl groups excluding tert-OH is 1. The van der Waals surface area contributed by atoms with E-state index in [9.17, 15) is 13.9 Å². The average Bonchev–Trinajstić information content (AvgIpc) is 3.15. The lowest BCUT2D eigenvalue weighted by Gasteiger charge is -2.41. The van der Waals surface area contributed by atoms with Crippen LogP contribution in [-0.4, -0.2) is 45.2 Å². The molecule has 51 heavy (non-hydrogen) atoms. The molecule has 11 heteroatoms. The molecule has 1 N–H and O–H groups in total. The van der Waals surface area contributed by atoms with Gasteiger partial charge in [0, 0.05) is 60.2 Å². The Bertz CT molecular complexity index is 1800. The molecule has 1 saturated heterocycles. The summed E-state index contributed by atoms with van der Waals surface area (Å²) in [6.07, 6.45) is 3.82. The summed E-state index contributed by atoms with van der Waals surface area (Å²) in [4.78, 5) is 16.3. The number of anilines is 1. The Morgan fingerprint density at radius 2 is 1.71 bits per heavy atom. The largest absolute Gasteiger partial charge is 0.488 e. The molecule has 0 bridgehead atoms. The quantitative estimate of drug-likeness (QED) is 0.203. The van der Waals surface area contributed by atoms with Crippen molar-refractivity contribution in [1.29, 1.82) is 0 Å². The molecule has 4 aliphatic rings. The van der Waals surface area contributed by atoms with E-state index in [0.717, 1.165) is 6.08 Å². The number of hydrogen-bond donors (Lipinski definition) is 1. The molecule has 6 nitrogen and oxygen atoms in total. The number of benzene rings is 1. The van der Waals surface area contributed by atoms with Gasteiger partial charge in [-0.1, -0.05) is 32.1 Å². The number of alkyl halides is 5. The molecule has 0 amide bonds. The molecule has 2 aromatic heterocycles. The van der Waals surface area contributed by atoms with Gasteiger partial charge in [-0.3, -0.25) is 4.98 Å². The van der Waals surface area contributed by atoms with Crippen molar-refractivity contribution in [2.45, 2.75) is 128 Å². The van der Waals surface area contributed by atoms with Gasteiger partial charge in [0.1, 0.15) is 0 Å². The lowest BCUT2D eigenvalue weighted by Crippen LogP contribution is -2.40. The average molecular weight is 711 g/mol. The number of aliphatic hydroxyl groups is 1. The van der Waals surface area contributed by atoms with Crippen molar-refractivity contribution in [3.8, 4) is 5.75 Å². The number of allylic oxidation sites excluding steroid dienone is 2. The van der Waals surface area contributed by atoms with E-state index in [0.29, 0.717) is 77.7 Å². The van der Waals surface area contributed by atoms with E-state index >= 15 is 13.2 Å². The summed E-state index contributed by atoms with van der Waals surface area (Å²) >= 11 is 0. The van der Waals surface area contributed by atoms with E-state index in [4.69, 9.17) is 9.72 Å². The second kappa shape index (κ2) is 13.1. The van der Waals surface area contributed by atoms with Crippen molar-refractivity contribution in [1.82, 2.24) is 15.0 Å². The van der Waals surface area contributed by atoms with Crippen LogP contribution < -0.4 is 9.64 Å². The summed E-state index contributed by atoms with van der Waals surface area (Å²) in [5, 5.41) is 11.7. The Kier molecular flexibility index (Phi) is 9.20. The zero-order valence-electron chi connectivity index (χ0n) is 29.9. The SMILES string of the molecule is C/C=C/C(F)(F)c1ccc2c(c1)C1CN(c3ncc(OC(C)C)cn3)CCC1c1nc3c(c(C4CCC(F)(F)CC4)c1C2F)C(O)CC(C)(C)C3. The molecule has 0 radical (unpaired) electrons. The van der Waals surface area contributed by atoms with Crippen LogP contribution >= 0.6 is 0 Å². The van der Waals surface area contributed by atoms with Crippen LogP contribution in [0.3, 0.4) is 0 Å². The lowest BCUT2D eigenvalue weighted by atomic mass is 9.68. The Labute approximate surface area is 296 Å². The minimum Gasteiger partial charge on any atom is -0.488 e. The smallest absolute Gasteiger partial charge is 0.291 e. The maximum absolute atomic E-state index is 17.7. The van der Waals surface area contributed by atoms with Crippen LogP contribution in [-0.2, 0) is 12.3 Å². The van der Waals surface area contributed by atoms with Crippen molar-refractivity contribution >= 4 is 5.95 Å². The third-order valence-electron chi connectivity index (χ3n) is 11.3. The van der Waals surface area contributed by atoms with Gasteiger partial charge in [0.15, 0.2) is 11.9 Å². The molecule has 1 saturated carbocycles. The number of ether oxygens (including phenoxy) is 1. The van der Waals surface area contributed by atoms with E-state index < -0.39 is 30.0 Å². The Morgan fingerprint density at radius 3 is 2.37 bits per heavy atom. The van der Waals surface area contributed by atoms with E-state index in [1.165, 1.54) is 31.2 Å². The number of nitrogens with zero attached hydrogens (tertiary/aromatic N) is 4. The van der Waals surface area contributed by atoms with Gasteiger partial charge in [-0.15, -0.1) is 0 Å². The molecule has 3 aliphatic carbocycles. The highest BCUT2D eigenvalue weighted by molar-refractivity contribution is 5.56. The molecule has 4 unspecified atom stereocenters. The fourth-order valence-electron chi connectivity index (χ4n) is 9.06. The summed E-state index contributed by atoms with van der Waals surface area (Å²) in [7, 11) is 0. The first-order valence-electron chi connectivity index (χ1n) is 18.2. The number of rotatable bonds is 6. The van der Waals surface area contributed by atoms with Crippen molar-refractivity contribution < 1.29 is 31.8 Å². The predicted molar refractivity (Wildman–Crippen MR) is 186 cm³/mol. The summed E-state index contributed by atoms with van der Waals surface area (Å²) in [5.74, 6) is -6.30. The van der Waals surface area contributed by atoms with Gasteiger partial charge in [-0.25, -0.2) is 23.1 Å². The van der Waals surface area contributed by atoms with Crippen molar-refractivity contribution in [2.24, 2.45) is 5.41 Å². The molecule has 3 aromatic rings. The summed E-state index contributed by atoms with van der Waals surface area (Å²) in [6, 6.07) is 4.19. The van der Waals surface area contributed by atoms with Gasteiger partial charge in [-0.2, -0.15) is 8.78 Å². The second-order valence-corrected chi connectivity index (χ2v) is 16.0. The molecular formula is C40H47F5N4O2. The Balaban J connectivity index is 1.41. The van der Waals surface area contributed by atoms with Gasteiger partial charge in [0.05, 0.1) is 30.3 Å². The molecule has 3 heterocycles. The first-order valence-corrected chi connectivity index (χ1v) is 18.2. The van der Waals surface area contributed by atoms with Gasteiger partial charge in [0.2, 0.25) is 11.9 Å². The molecule has 7 rings (SSSR count). The normalized spacial score (nSPS) is 25.9. The first-order chi connectivity index (χ1) is 24.1. The molecule has 1 aliphatic heterocycles. The van der Waals surface area contributed by atoms with E-state index in [1.54, 1.807) is 12.4 Å². The summed E-state index contributed by atoms with van der Waals surface area (Å²) < 4.78 is 83.4. The van der Waals surface area contributed by atoms with E-state index in [2.05, 4.69) is 23.8 Å². The number of aromatic nitrogens is 3. The topological polar surface area (TPSA) is 71.4 Å². The predicted octanol–water partition coefficient (Wildman–Crippen LogP) is 9.78. The molecule has 4 atom stereocenters. The minimum atomic E-state index is -3.28. The minimum absolute atomic E-state index is 0.0544. The van der Waals surface area contributed by atoms with Crippen molar-refractivity contribution in [3.05, 3.63) is 87.5 Å². The zero-order chi connectivity index (χ0) is 36.5. The zero-order valence-corrected chi connectivity index (χ0v) is 29.9. The fourth-order valence-corrected chi connectivity index (χ4v) is 9.06. The standard InChI is InChI=1S/C40H47F5N4O2/c1-6-12-40(44,45)24-7-8-26-28(16-24)29-21-49(37-46-19-25(20-47-37)51-22(2)3)15-11-27(29)36-34(35(26)41)32(23-9-13-39(42,43)14-10-23)33-30(48-36)17-38(4,5)18-31(33)50/h6-8,12,16,19-20,22-23,27,29,31,35,50H,9-11,13-15,17-18,21H2,1-5H3/b12-6+. The molecule has 0 spiro atoms. The lowest BCUT2D eigenvalue weighted by molar-refractivity contribution is -0.0385. The Hall–Kier alpha value is -3.60. The highest BCUT2D eigenvalue weighted by atomic mass is 19.3. The third-order valence-corrected chi connectivity index (χ3v) is 11.3. The van der Waals surface area contributed by atoms with E-state index in [-0.39, 0.29) is 60.2 Å². The van der Waals surface area contributed by atoms with Crippen LogP contribution in [0.1, 0.15) is 148 Å². The monoisotopic (exact) mass is 710 g/mol. The number of pyridine rings is 1. The van der Waals surface area contributed by atoms with Crippen molar-refractivity contribution in [3.63, 3.8) is 0 Å².